The molecule has 0 saturated carbocycles. The SMILES string of the molecule is FC(F)(F)c1ccn(C2CN(I)C2)n1. The lowest BCUT2D eigenvalue weighted by Crippen LogP contribution is -2.41. The van der Waals surface area contributed by atoms with Gasteiger partial charge in [-0.2, -0.15) is 18.3 Å². The summed E-state index contributed by atoms with van der Waals surface area (Å²) in [6.45, 7) is 1.50. The van der Waals surface area contributed by atoms with Crippen LogP contribution in [0.1, 0.15) is 11.7 Å². The molecule has 3 nitrogen and oxygen atoms in total. The lowest BCUT2D eigenvalue weighted by molar-refractivity contribution is -0.141. The molecule has 14 heavy (non-hydrogen) atoms. The molecule has 0 N–H and O–H groups in total. The van der Waals surface area contributed by atoms with Crippen molar-refractivity contribution in [2.24, 2.45) is 0 Å². The average molecular weight is 317 g/mol. The summed E-state index contributed by atoms with van der Waals surface area (Å²) in [5, 5.41) is 3.50. The van der Waals surface area contributed by atoms with Gasteiger partial charge in [-0.15, -0.1) is 0 Å². The van der Waals surface area contributed by atoms with E-state index in [0.717, 1.165) is 19.2 Å². The molecule has 1 aromatic heterocycles. The van der Waals surface area contributed by atoms with Gasteiger partial charge in [-0.1, -0.05) is 0 Å². The number of hydrogen-bond donors (Lipinski definition) is 0. The van der Waals surface area contributed by atoms with Crippen LogP contribution in [0.15, 0.2) is 12.3 Å². The van der Waals surface area contributed by atoms with Gasteiger partial charge in [0.15, 0.2) is 5.69 Å². The summed E-state index contributed by atoms with van der Waals surface area (Å²) >= 11 is 2.13. The highest BCUT2D eigenvalue weighted by Crippen LogP contribution is 2.29. The van der Waals surface area contributed by atoms with Gasteiger partial charge < -0.3 is 0 Å². The molecule has 1 saturated heterocycles. The molecule has 1 aromatic rings. The minimum absolute atomic E-state index is 0.0861. The van der Waals surface area contributed by atoms with Crippen molar-refractivity contribution in [1.82, 2.24) is 12.9 Å². The third-order valence-electron chi connectivity index (χ3n) is 2.09. The number of halogens is 4. The fourth-order valence-electron chi connectivity index (χ4n) is 1.26. The van der Waals surface area contributed by atoms with Crippen LogP contribution in [0.2, 0.25) is 0 Å². The molecule has 78 valence electrons. The van der Waals surface area contributed by atoms with Crippen LogP contribution in [0.4, 0.5) is 13.2 Å². The molecule has 0 bridgehead atoms. The van der Waals surface area contributed by atoms with Crippen LogP contribution in [0.5, 0.6) is 0 Å². The Labute approximate surface area is 92.4 Å². The third-order valence-corrected chi connectivity index (χ3v) is 2.88. The van der Waals surface area contributed by atoms with E-state index in [-0.39, 0.29) is 6.04 Å². The molecular formula is C7H7F3IN3. The summed E-state index contributed by atoms with van der Waals surface area (Å²) in [4.78, 5) is 0. The topological polar surface area (TPSA) is 21.1 Å². The number of rotatable bonds is 1. The fraction of sp³-hybridized carbons (Fsp3) is 0.571. The Morgan fingerprint density at radius 2 is 2.07 bits per heavy atom. The number of nitrogens with zero attached hydrogens (tertiary/aromatic N) is 3. The Morgan fingerprint density at radius 3 is 2.50 bits per heavy atom. The Bertz CT molecular complexity index is 329. The highest BCUT2D eigenvalue weighted by Gasteiger charge is 2.35. The van der Waals surface area contributed by atoms with Gasteiger partial charge in [-0.3, -0.25) is 4.68 Å². The van der Waals surface area contributed by atoms with Crippen molar-refractivity contribution in [3.8, 4) is 0 Å². The molecule has 0 radical (unpaired) electrons. The summed E-state index contributed by atoms with van der Waals surface area (Å²) in [7, 11) is 0. The molecule has 0 atom stereocenters. The summed E-state index contributed by atoms with van der Waals surface area (Å²) in [5.74, 6) is 0. The summed E-state index contributed by atoms with van der Waals surface area (Å²) in [6.07, 6.45) is -2.95. The molecule has 1 aliphatic heterocycles. The molecule has 7 heteroatoms. The molecule has 1 fully saturated rings. The van der Waals surface area contributed by atoms with Crippen molar-refractivity contribution in [3.63, 3.8) is 0 Å². The maximum Gasteiger partial charge on any atom is 0.435 e. The average Bonchev–Trinajstić information content (AvgIpc) is 2.45. The molecule has 0 unspecified atom stereocenters. The number of alkyl halides is 3. The van der Waals surface area contributed by atoms with Gasteiger partial charge >= 0.3 is 6.18 Å². The second-order valence-corrected chi connectivity index (χ2v) is 4.52. The Balaban J connectivity index is 2.11. The van der Waals surface area contributed by atoms with E-state index >= 15 is 0 Å². The summed E-state index contributed by atoms with van der Waals surface area (Å²) in [5.41, 5.74) is -0.815. The van der Waals surface area contributed by atoms with Crippen LogP contribution < -0.4 is 0 Å². The molecule has 0 aromatic carbocycles. The first-order chi connectivity index (χ1) is 6.47. The largest absolute Gasteiger partial charge is 0.435 e. The molecule has 2 rings (SSSR count). The van der Waals surface area contributed by atoms with E-state index in [1.807, 2.05) is 3.11 Å². The Kier molecular flexibility index (Phi) is 2.46. The van der Waals surface area contributed by atoms with Gasteiger partial charge in [0, 0.05) is 42.2 Å². The van der Waals surface area contributed by atoms with Crippen LogP contribution in [-0.2, 0) is 6.18 Å². The summed E-state index contributed by atoms with van der Waals surface area (Å²) in [6, 6.07) is 1.10. The van der Waals surface area contributed by atoms with Gasteiger partial charge in [-0.05, 0) is 6.07 Å². The second-order valence-electron chi connectivity index (χ2n) is 3.16. The molecule has 0 aliphatic carbocycles. The lowest BCUT2D eigenvalue weighted by atomic mass is 10.2. The quantitative estimate of drug-likeness (QED) is 0.584. The third kappa shape index (κ3) is 1.88. The predicted octanol–water partition coefficient (Wildman–Crippen LogP) is 2.11. The Morgan fingerprint density at radius 1 is 1.43 bits per heavy atom. The van der Waals surface area contributed by atoms with Gasteiger partial charge in [0.2, 0.25) is 0 Å². The number of hydrogen-bond acceptors (Lipinski definition) is 2. The zero-order valence-corrected chi connectivity index (χ0v) is 9.16. The van der Waals surface area contributed by atoms with E-state index in [2.05, 4.69) is 28.0 Å². The Hall–Kier alpha value is -0.310. The maximum atomic E-state index is 12.2. The zero-order valence-electron chi connectivity index (χ0n) is 7.00. The van der Waals surface area contributed by atoms with Gasteiger partial charge in [0.1, 0.15) is 0 Å². The van der Waals surface area contributed by atoms with Gasteiger partial charge in [-0.25, -0.2) is 3.11 Å². The van der Waals surface area contributed by atoms with E-state index in [9.17, 15) is 13.2 Å². The molecular weight excluding hydrogens is 310 g/mol. The molecule has 1 aliphatic rings. The van der Waals surface area contributed by atoms with Crippen LogP contribution >= 0.6 is 22.9 Å². The zero-order chi connectivity index (χ0) is 10.3. The fourth-order valence-corrected chi connectivity index (χ4v) is 2.17. The minimum atomic E-state index is -4.33. The van der Waals surface area contributed by atoms with E-state index in [1.54, 1.807) is 0 Å². The second kappa shape index (κ2) is 3.37. The predicted molar refractivity (Wildman–Crippen MR) is 51.9 cm³/mol. The van der Waals surface area contributed by atoms with Gasteiger partial charge in [0.25, 0.3) is 0 Å². The minimum Gasteiger partial charge on any atom is -0.266 e. The van der Waals surface area contributed by atoms with Crippen LogP contribution in [0.25, 0.3) is 0 Å². The smallest absolute Gasteiger partial charge is 0.266 e. The maximum absolute atomic E-state index is 12.2. The standard InChI is InChI=1S/C7H7F3IN3/c8-7(9,10)6-1-2-14(12-6)5-3-13(11)4-5/h1-2,5H,3-4H2. The van der Waals surface area contributed by atoms with Crippen molar-refractivity contribution in [3.05, 3.63) is 18.0 Å². The van der Waals surface area contributed by atoms with Gasteiger partial charge in [0.05, 0.1) is 6.04 Å². The van der Waals surface area contributed by atoms with E-state index < -0.39 is 11.9 Å². The summed E-state index contributed by atoms with van der Waals surface area (Å²) < 4.78 is 39.9. The molecule has 0 amide bonds. The van der Waals surface area contributed by atoms with Crippen molar-refractivity contribution in [2.45, 2.75) is 12.2 Å². The van der Waals surface area contributed by atoms with Crippen molar-refractivity contribution < 1.29 is 13.2 Å². The van der Waals surface area contributed by atoms with E-state index in [1.165, 1.54) is 10.9 Å². The van der Waals surface area contributed by atoms with E-state index in [0.29, 0.717) is 0 Å². The van der Waals surface area contributed by atoms with Crippen LogP contribution in [0, 0.1) is 0 Å². The molecule has 0 spiro atoms. The number of aromatic nitrogens is 2. The highest BCUT2D eigenvalue weighted by molar-refractivity contribution is 14.1. The van der Waals surface area contributed by atoms with E-state index in [4.69, 9.17) is 0 Å². The van der Waals surface area contributed by atoms with Crippen LogP contribution in [-0.4, -0.2) is 26.0 Å². The highest BCUT2D eigenvalue weighted by atomic mass is 127. The molecule has 2 heterocycles. The van der Waals surface area contributed by atoms with Crippen molar-refractivity contribution in [2.75, 3.05) is 13.1 Å². The lowest BCUT2D eigenvalue weighted by Gasteiger charge is -2.34. The first kappa shape index (κ1) is 10.2. The first-order valence-electron chi connectivity index (χ1n) is 4.00. The van der Waals surface area contributed by atoms with Crippen molar-refractivity contribution in [1.29, 1.82) is 0 Å². The normalized spacial score (nSPS) is 19.7. The van der Waals surface area contributed by atoms with Crippen molar-refractivity contribution >= 4 is 22.9 Å². The first-order valence-corrected chi connectivity index (χ1v) is 4.96. The monoisotopic (exact) mass is 317 g/mol. The van der Waals surface area contributed by atoms with Crippen LogP contribution in [0.3, 0.4) is 0 Å².